The van der Waals surface area contributed by atoms with Crippen molar-refractivity contribution in [1.29, 1.82) is 0 Å². The molecule has 3 N–H and O–H groups in total. The van der Waals surface area contributed by atoms with Gasteiger partial charge in [0.2, 0.25) is 0 Å². The van der Waals surface area contributed by atoms with Gasteiger partial charge in [0.1, 0.15) is 30.4 Å². The van der Waals surface area contributed by atoms with Crippen LogP contribution in [0.5, 0.6) is 0 Å². The third-order valence-electron chi connectivity index (χ3n) is 5.46. The number of hydrogen-bond acceptors (Lipinski definition) is 2. The summed E-state index contributed by atoms with van der Waals surface area (Å²) in [5.74, 6) is 0.117. The Morgan fingerprint density at radius 3 is 1.96 bits per heavy atom. The molecular formula is C23H30F2NO2+. The average molecular weight is 390 g/mol. The van der Waals surface area contributed by atoms with E-state index in [1.165, 1.54) is 56.4 Å². The minimum atomic E-state index is -0.591. The molecule has 0 heterocycles. The van der Waals surface area contributed by atoms with Crippen LogP contribution in [0.2, 0.25) is 0 Å². The van der Waals surface area contributed by atoms with Crippen molar-refractivity contribution in [3.8, 4) is 0 Å². The van der Waals surface area contributed by atoms with Gasteiger partial charge >= 0.3 is 0 Å². The van der Waals surface area contributed by atoms with Crippen LogP contribution < -0.4 is 5.32 Å². The first kappa shape index (κ1) is 20.9. The van der Waals surface area contributed by atoms with Gasteiger partial charge in [-0.05, 0) is 48.2 Å². The van der Waals surface area contributed by atoms with Gasteiger partial charge < -0.3 is 15.2 Å². The van der Waals surface area contributed by atoms with Crippen LogP contribution >= 0.6 is 0 Å². The molecule has 0 unspecified atom stereocenters. The molecule has 0 saturated heterocycles. The lowest BCUT2D eigenvalue weighted by Crippen LogP contribution is -2.87. The van der Waals surface area contributed by atoms with Crippen molar-refractivity contribution in [2.24, 2.45) is 5.92 Å². The first-order chi connectivity index (χ1) is 13.6. The van der Waals surface area contributed by atoms with E-state index in [-0.39, 0.29) is 18.2 Å². The van der Waals surface area contributed by atoms with Crippen molar-refractivity contribution >= 4 is 0 Å². The quantitative estimate of drug-likeness (QED) is 0.688. The summed E-state index contributed by atoms with van der Waals surface area (Å²) in [5.41, 5.74) is 1.54. The van der Waals surface area contributed by atoms with Crippen molar-refractivity contribution < 1.29 is 23.9 Å². The van der Waals surface area contributed by atoms with E-state index in [0.717, 1.165) is 23.6 Å². The molecule has 0 aliphatic heterocycles. The number of nitrogens with two attached hydrogens (primary N) is 1. The van der Waals surface area contributed by atoms with Crippen LogP contribution in [-0.4, -0.2) is 30.9 Å². The van der Waals surface area contributed by atoms with E-state index in [4.69, 9.17) is 4.74 Å². The molecule has 1 atom stereocenters. The summed E-state index contributed by atoms with van der Waals surface area (Å²) in [6.07, 6.45) is 5.51. The maximum Gasteiger partial charge on any atom is 0.126 e. The number of aliphatic hydroxyl groups excluding tert-OH is 1. The fourth-order valence-corrected chi connectivity index (χ4v) is 3.88. The number of hydrogen-bond donors (Lipinski definition) is 2. The lowest BCUT2D eigenvalue weighted by atomic mass is 9.89. The lowest BCUT2D eigenvalue weighted by molar-refractivity contribution is -0.667. The maximum absolute atomic E-state index is 13.3. The van der Waals surface area contributed by atoms with Gasteiger partial charge in [-0.1, -0.05) is 43.5 Å². The molecule has 2 aromatic rings. The molecular weight excluding hydrogens is 360 g/mol. The third-order valence-corrected chi connectivity index (χ3v) is 5.46. The zero-order valence-electron chi connectivity index (χ0n) is 16.2. The summed E-state index contributed by atoms with van der Waals surface area (Å²) in [6, 6.07) is 12.1. The number of halogens is 2. The van der Waals surface area contributed by atoms with Crippen molar-refractivity contribution in [2.45, 2.75) is 44.3 Å². The van der Waals surface area contributed by atoms with Crippen molar-refractivity contribution in [2.75, 3.05) is 19.7 Å². The highest BCUT2D eigenvalue weighted by Crippen LogP contribution is 2.27. The number of quaternary nitrogens is 1. The molecule has 1 aliphatic rings. The van der Waals surface area contributed by atoms with Crippen LogP contribution in [-0.2, 0) is 4.74 Å². The first-order valence-electron chi connectivity index (χ1n) is 10.2. The van der Waals surface area contributed by atoms with Gasteiger partial charge in [-0.25, -0.2) is 8.78 Å². The molecule has 1 saturated carbocycles. The molecule has 1 aliphatic carbocycles. The van der Waals surface area contributed by atoms with E-state index in [1.54, 1.807) is 24.3 Å². The Hall–Kier alpha value is -1.82. The molecule has 3 nitrogen and oxygen atoms in total. The zero-order chi connectivity index (χ0) is 19.8. The molecule has 0 bridgehead atoms. The summed E-state index contributed by atoms with van der Waals surface area (Å²) < 4.78 is 32.5. The second-order valence-electron chi connectivity index (χ2n) is 7.73. The van der Waals surface area contributed by atoms with E-state index in [2.05, 4.69) is 5.32 Å². The lowest BCUT2D eigenvalue weighted by Gasteiger charge is -2.22. The summed E-state index contributed by atoms with van der Waals surface area (Å²) in [7, 11) is 0. The standard InChI is InChI=1S/C23H29F2NO2/c24-20-10-6-18(7-11-20)23(19-8-12-21(25)13-9-19)28-16-22(27)15-26-14-17-4-2-1-3-5-17/h6-13,17,22-23,26-27H,1-5,14-16H2/p+1/t22-/m1/s1. The average Bonchev–Trinajstić information content (AvgIpc) is 2.71. The SMILES string of the molecule is O[C@H](C[NH2+]CC1CCCCC1)COC(c1ccc(F)cc1)c1ccc(F)cc1. The second-order valence-corrected chi connectivity index (χ2v) is 7.73. The van der Waals surface area contributed by atoms with Gasteiger partial charge in [-0.3, -0.25) is 0 Å². The van der Waals surface area contributed by atoms with Crippen LogP contribution in [0.1, 0.15) is 49.3 Å². The predicted molar refractivity (Wildman–Crippen MR) is 105 cm³/mol. The van der Waals surface area contributed by atoms with Crippen LogP contribution in [0.4, 0.5) is 8.78 Å². The van der Waals surface area contributed by atoms with Crippen LogP contribution in [0.25, 0.3) is 0 Å². The normalized spacial score (nSPS) is 16.4. The van der Waals surface area contributed by atoms with Crippen molar-refractivity contribution in [1.82, 2.24) is 0 Å². The number of aliphatic hydroxyl groups is 1. The molecule has 1 fully saturated rings. The highest BCUT2D eigenvalue weighted by Gasteiger charge is 2.19. The van der Waals surface area contributed by atoms with Gasteiger partial charge in [0, 0.05) is 5.92 Å². The summed E-state index contributed by atoms with van der Waals surface area (Å²) in [6.45, 7) is 1.81. The Morgan fingerprint density at radius 2 is 1.43 bits per heavy atom. The Kier molecular flexibility index (Phi) is 7.95. The molecule has 2 aromatic carbocycles. The third kappa shape index (κ3) is 6.36. The highest BCUT2D eigenvalue weighted by molar-refractivity contribution is 5.30. The van der Waals surface area contributed by atoms with E-state index in [9.17, 15) is 13.9 Å². The molecule has 0 amide bonds. The molecule has 3 rings (SSSR count). The number of rotatable bonds is 9. The number of benzene rings is 2. The Balaban J connectivity index is 1.54. The second kappa shape index (κ2) is 10.6. The van der Waals surface area contributed by atoms with Crippen molar-refractivity contribution in [3.05, 3.63) is 71.3 Å². The van der Waals surface area contributed by atoms with Crippen LogP contribution in [0.15, 0.2) is 48.5 Å². The van der Waals surface area contributed by atoms with E-state index in [0.29, 0.717) is 6.54 Å². The Morgan fingerprint density at radius 1 is 0.893 bits per heavy atom. The van der Waals surface area contributed by atoms with E-state index < -0.39 is 12.2 Å². The largest absolute Gasteiger partial charge is 0.385 e. The smallest absolute Gasteiger partial charge is 0.126 e. The van der Waals surface area contributed by atoms with Crippen LogP contribution in [0, 0.1) is 17.6 Å². The molecule has 5 heteroatoms. The van der Waals surface area contributed by atoms with Crippen molar-refractivity contribution in [3.63, 3.8) is 0 Å². The number of ether oxygens (including phenoxy) is 1. The van der Waals surface area contributed by atoms with E-state index >= 15 is 0 Å². The molecule has 152 valence electrons. The highest BCUT2D eigenvalue weighted by atomic mass is 19.1. The monoisotopic (exact) mass is 390 g/mol. The minimum absolute atomic E-state index is 0.167. The van der Waals surface area contributed by atoms with Gasteiger partial charge in [0.25, 0.3) is 0 Å². The van der Waals surface area contributed by atoms with Gasteiger partial charge in [-0.15, -0.1) is 0 Å². The summed E-state index contributed by atoms with van der Waals surface area (Å²) >= 11 is 0. The van der Waals surface area contributed by atoms with Gasteiger partial charge in [-0.2, -0.15) is 0 Å². The van der Waals surface area contributed by atoms with Gasteiger partial charge in [0.05, 0.1) is 13.2 Å². The minimum Gasteiger partial charge on any atom is -0.385 e. The van der Waals surface area contributed by atoms with E-state index in [1.807, 2.05) is 0 Å². The topological polar surface area (TPSA) is 46.1 Å². The Labute approximate surface area is 165 Å². The first-order valence-corrected chi connectivity index (χ1v) is 10.2. The molecule has 28 heavy (non-hydrogen) atoms. The predicted octanol–water partition coefficient (Wildman–Crippen LogP) is 3.58. The fraction of sp³-hybridized carbons (Fsp3) is 0.478. The van der Waals surface area contributed by atoms with Gasteiger partial charge in [0.15, 0.2) is 0 Å². The summed E-state index contributed by atoms with van der Waals surface area (Å²) in [5, 5.41) is 12.5. The Bertz CT molecular complexity index is 654. The summed E-state index contributed by atoms with van der Waals surface area (Å²) in [4.78, 5) is 0. The molecule has 0 aromatic heterocycles. The molecule has 0 spiro atoms. The fourth-order valence-electron chi connectivity index (χ4n) is 3.88. The molecule has 0 radical (unpaired) electrons. The zero-order valence-corrected chi connectivity index (χ0v) is 16.2. The maximum atomic E-state index is 13.3. The van der Waals surface area contributed by atoms with Crippen LogP contribution in [0.3, 0.4) is 0 Å².